The van der Waals surface area contributed by atoms with Crippen LogP contribution in [0.4, 0.5) is 16.9 Å². The third-order valence-corrected chi connectivity index (χ3v) is 5.70. The van der Waals surface area contributed by atoms with Crippen LogP contribution in [0.3, 0.4) is 0 Å². The van der Waals surface area contributed by atoms with E-state index in [4.69, 9.17) is 14.7 Å². The number of ether oxygens (including phenoxy) is 1. The Labute approximate surface area is 258 Å². The van der Waals surface area contributed by atoms with Crippen molar-refractivity contribution < 1.29 is 51.4 Å². The van der Waals surface area contributed by atoms with Crippen LogP contribution in [-0.4, -0.2) is 57.5 Å². The SMILES string of the molecule is C1CCOC1.[Cl-].[Cr+3].[F][Sb-]([F])([F])([F])([F])[F].c1ccc(CN(Cc2nc3ccccc3[nH]2)Cc2nc3ccccc3[nH]2)cc1. The molecule has 1 radical (unpaired) electrons. The van der Waals surface area contributed by atoms with Gasteiger partial charge in [0.25, 0.3) is 0 Å². The predicted molar refractivity (Wildman–Crippen MR) is 144 cm³/mol. The van der Waals surface area contributed by atoms with Crippen molar-refractivity contribution >= 4 is 41.5 Å². The molecule has 5 aromatic rings. The first-order valence-corrected chi connectivity index (χ1v) is 18.3. The zero-order valence-electron chi connectivity index (χ0n) is 22.2. The van der Waals surface area contributed by atoms with Crippen LogP contribution in [0.5, 0.6) is 0 Å². The molecular formula is C27H29ClCrF6N5OSb+. The van der Waals surface area contributed by atoms with E-state index in [2.05, 4.69) is 51.3 Å². The zero-order chi connectivity index (χ0) is 28.7. The Morgan fingerprint density at radius 2 is 1.05 bits per heavy atom. The summed E-state index contributed by atoms with van der Waals surface area (Å²) in [5.74, 6) is 1.93. The van der Waals surface area contributed by atoms with Gasteiger partial charge in [-0.05, 0) is 42.7 Å². The molecule has 0 unspecified atom stereocenters. The molecule has 0 amide bonds. The standard InChI is InChI=1S/C23H21N5.C4H8O.ClH.Cr.6FH.Sb/c1-2-8-17(9-3-1)14-28(15-22-24-18-10-4-5-11-19(18)25-22)16-23-26-20-12-6-7-13-21(20)27-23;1-2-4-5-3-1;;;;;;;;;/h1-13H,14-16H2,(H,24,25)(H,26,27);1-4H2;1H;;6*1H;/q;;;+3;;;;;;;+5/p-7. The third-order valence-electron chi connectivity index (χ3n) is 5.70. The average molecular weight is 763 g/mol. The third kappa shape index (κ3) is 13.8. The Morgan fingerprint density at radius 1 is 0.643 bits per heavy atom. The molecule has 3 aromatic carbocycles. The molecule has 2 N–H and O–H groups in total. The van der Waals surface area contributed by atoms with Gasteiger partial charge in [-0.15, -0.1) is 0 Å². The number of nitrogens with one attached hydrogen (secondary N) is 2. The van der Waals surface area contributed by atoms with E-state index in [9.17, 15) is 16.9 Å². The number of H-pyrrole nitrogens is 2. The first kappa shape index (κ1) is 35.9. The van der Waals surface area contributed by atoms with E-state index >= 15 is 0 Å². The fourth-order valence-electron chi connectivity index (χ4n) is 4.10. The quantitative estimate of drug-likeness (QED) is 0.197. The Balaban J connectivity index is 0.000000372. The van der Waals surface area contributed by atoms with Crippen LogP contribution in [0.2, 0.25) is 0 Å². The van der Waals surface area contributed by atoms with E-state index < -0.39 is 19.5 Å². The number of rotatable bonds is 6. The molecule has 0 aliphatic carbocycles. The minimum atomic E-state index is -11.2. The monoisotopic (exact) mass is 761 g/mol. The minimum absolute atomic E-state index is 0. The van der Waals surface area contributed by atoms with Crippen LogP contribution < -0.4 is 12.4 Å². The van der Waals surface area contributed by atoms with Gasteiger partial charge in [-0.1, -0.05) is 54.6 Å². The predicted octanol–water partition coefficient (Wildman–Crippen LogP) is 4.58. The Bertz CT molecular complexity index is 1370. The Kier molecular flexibility index (Phi) is 12.4. The summed E-state index contributed by atoms with van der Waals surface area (Å²) in [6, 6.07) is 26.8. The first-order valence-electron chi connectivity index (χ1n) is 12.6. The number of imidazole rings is 2. The maximum absolute atomic E-state index is 11.2. The summed E-state index contributed by atoms with van der Waals surface area (Å²) >= 11 is -11.2. The van der Waals surface area contributed by atoms with E-state index in [1.165, 1.54) is 18.4 Å². The van der Waals surface area contributed by atoms with Crippen molar-refractivity contribution in [1.82, 2.24) is 24.8 Å². The van der Waals surface area contributed by atoms with Crippen molar-refractivity contribution in [3.8, 4) is 0 Å². The molecule has 1 aliphatic heterocycles. The van der Waals surface area contributed by atoms with Crippen molar-refractivity contribution in [1.29, 1.82) is 0 Å². The fraction of sp³-hybridized carbons (Fsp3) is 0.259. The van der Waals surface area contributed by atoms with Crippen LogP contribution in [0.25, 0.3) is 22.1 Å². The van der Waals surface area contributed by atoms with Gasteiger partial charge in [0.05, 0.1) is 35.2 Å². The van der Waals surface area contributed by atoms with Gasteiger partial charge in [0.2, 0.25) is 0 Å². The average Bonchev–Trinajstić information content (AvgIpc) is 3.63. The molecule has 42 heavy (non-hydrogen) atoms. The van der Waals surface area contributed by atoms with Crippen molar-refractivity contribution in [2.75, 3.05) is 13.2 Å². The number of para-hydroxylation sites is 4. The number of halogens is 7. The molecule has 0 atom stereocenters. The summed E-state index contributed by atoms with van der Waals surface area (Å²) in [5.41, 5.74) is 5.42. The van der Waals surface area contributed by atoms with Gasteiger partial charge in [0, 0.05) is 19.8 Å². The van der Waals surface area contributed by atoms with E-state index in [1.807, 2.05) is 42.5 Å². The van der Waals surface area contributed by atoms with Gasteiger partial charge in [-0.3, -0.25) is 4.90 Å². The fourth-order valence-corrected chi connectivity index (χ4v) is 4.10. The van der Waals surface area contributed by atoms with Crippen molar-refractivity contribution in [3.05, 3.63) is 96.1 Å². The number of nitrogens with zero attached hydrogens (tertiary/aromatic N) is 3. The van der Waals surface area contributed by atoms with Crippen molar-refractivity contribution in [2.45, 2.75) is 32.5 Å². The van der Waals surface area contributed by atoms with Gasteiger partial charge in [0.1, 0.15) is 11.6 Å². The Hall–Kier alpha value is -2.26. The maximum atomic E-state index is 9.93. The second kappa shape index (κ2) is 14.5. The van der Waals surface area contributed by atoms with E-state index in [1.54, 1.807) is 0 Å². The number of aromatic nitrogens is 4. The van der Waals surface area contributed by atoms with Crippen LogP contribution in [0.15, 0.2) is 78.9 Å². The molecule has 1 fully saturated rings. The normalized spacial score (nSPS) is 14.5. The maximum Gasteiger partial charge on any atom is 0.121 e. The summed E-state index contributed by atoms with van der Waals surface area (Å²) in [7, 11) is 0. The number of fused-ring (bicyclic) bond motifs is 2. The van der Waals surface area contributed by atoms with Crippen molar-refractivity contribution in [2.24, 2.45) is 0 Å². The molecule has 3 heterocycles. The molecule has 0 saturated carbocycles. The smallest absolute Gasteiger partial charge is 0.121 e. The number of hydrogen-bond acceptors (Lipinski definition) is 4. The first-order chi connectivity index (χ1) is 18.8. The summed E-state index contributed by atoms with van der Waals surface area (Å²) in [5, 5.41) is 0. The number of hydrogen-bond donors (Lipinski definition) is 2. The van der Waals surface area contributed by atoms with Crippen LogP contribution in [0, 0.1) is 0 Å². The Morgan fingerprint density at radius 3 is 1.43 bits per heavy atom. The van der Waals surface area contributed by atoms with Gasteiger partial charge in [0.15, 0.2) is 0 Å². The van der Waals surface area contributed by atoms with Gasteiger partial charge in [-0.2, -0.15) is 0 Å². The zero-order valence-corrected chi connectivity index (χ0v) is 26.8. The molecule has 1 saturated heterocycles. The van der Waals surface area contributed by atoms with Crippen LogP contribution in [-0.2, 0) is 41.7 Å². The van der Waals surface area contributed by atoms with Crippen LogP contribution in [0.1, 0.15) is 30.1 Å². The summed E-state index contributed by atoms with van der Waals surface area (Å²) in [6.45, 7) is 4.27. The molecule has 6 rings (SSSR count). The minimum Gasteiger partial charge on any atom is -0.341 e. The summed E-state index contributed by atoms with van der Waals surface area (Å²) < 4.78 is 64.5. The van der Waals surface area contributed by atoms with E-state index in [0.717, 1.165) is 66.6 Å². The topological polar surface area (TPSA) is 69.8 Å². The second-order valence-corrected chi connectivity index (χ2v) is 14.8. The van der Waals surface area contributed by atoms with Crippen LogP contribution >= 0.6 is 0 Å². The van der Waals surface area contributed by atoms with E-state index in [-0.39, 0.29) is 29.8 Å². The summed E-state index contributed by atoms with van der Waals surface area (Å²) in [6.07, 6.45) is 2.56. The molecule has 0 bridgehead atoms. The van der Waals surface area contributed by atoms with E-state index in [0.29, 0.717) is 0 Å². The van der Waals surface area contributed by atoms with Gasteiger partial charge < -0.3 is 27.1 Å². The molecule has 0 spiro atoms. The second-order valence-electron chi connectivity index (χ2n) is 9.31. The largest absolute Gasteiger partial charge is 0.341 e. The number of aromatic amines is 2. The summed E-state index contributed by atoms with van der Waals surface area (Å²) in [4.78, 5) is 18.7. The molecule has 227 valence electrons. The van der Waals surface area contributed by atoms with Crippen molar-refractivity contribution in [3.63, 3.8) is 0 Å². The molecule has 15 heteroatoms. The van der Waals surface area contributed by atoms with Gasteiger partial charge in [-0.25, -0.2) is 9.97 Å². The van der Waals surface area contributed by atoms with Gasteiger partial charge >= 0.3 is 53.7 Å². The molecule has 1 aliphatic rings. The number of benzene rings is 3. The molecule has 6 nitrogen and oxygen atoms in total. The molecule has 2 aromatic heterocycles. The molecular weight excluding hydrogens is 734 g/mol.